The first kappa shape index (κ1) is 16.9. The molecule has 0 radical (unpaired) electrons. The van der Waals surface area contributed by atoms with Gasteiger partial charge in [0.1, 0.15) is 6.20 Å². The lowest BCUT2D eigenvalue weighted by Crippen LogP contribution is -2.23. The first-order valence-electron chi connectivity index (χ1n) is 8.91. The van der Waals surface area contributed by atoms with Gasteiger partial charge in [-0.15, -0.1) is 16.3 Å². The van der Waals surface area contributed by atoms with E-state index in [4.69, 9.17) is 4.98 Å². The van der Waals surface area contributed by atoms with Crippen molar-refractivity contribution in [3.63, 3.8) is 0 Å². The Morgan fingerprint density at radius 3 is 2.65 bits per heavy atom. The topological polar surface area (TPSA) is 32.8 Å². The lowest BCUT2D eigenvalue weighted by Gasteiger charge is -2.02. The van der Waals surface area contributed by atoms with Gasteiger partial charge in [-0.2, -0.15) is 0 Å². The number of H-pyrrole nitrogens is 1. The van der Waals surface area contributed by atoms with Gasteiger partial charge in [0.2, 0.25) is 0 Å². The quantitative estimate of drug-likeness (QED) is 0.394. The molecule has 0 spiro atoms. The normalized spacial score (nSPS) is 11.2. The molecule has 0 aliphatic carbocycles. The zero-order valence-electron chi connectivity index (χ0n) is 15.1. The lowest BCUT2D eigenvalue weighted by atomic mass is 10.0. The molecule has 1 N–H and O–H groups in total. The Hall–Kier alpha value is -2.59. The van der Waals surface area contributed by atoms with Crippen molar-refractivity contribution < 1.29 is 4.52 Å². The van der Waals surface area contributed by atoms with Crippen LogP contribution in [0.15, 0.2) is 72.0 Å². The highest BCUT2D eigenvalue weighted by atomic mass is 32.2. The van der Waals surface area contributed by atoms with Crippen molar-refractivity contribution in [1.82, 2.24) is 10.1 Å². The third-order valence-corrected chi connectivity index (χ3v) is 5.34. The molecule has 4 rings (SSSR count). The second-order valence-corrected chi connectivity index (χ2v) is 7.28. The van der Waals surface area contributed by atoms with E-state index in [-0.39, 0.29) is 0 Å². The summed E-state index contributed by atoms with van der Waals surface area (Å²) in [7, 11) is 0. The van der Waals surface area contributed by atoms with Crippen LogP contribution >= 0.6 is 11.8 Å². The minimum Gasteiger partial charge on any atom is -0.230 e. The first-order valence-corrected chi connectivity index (χ1v) is 10.1. The van der Waals surface area contributed by atoms with Gasteiger partial charge in [0, 0.05) is 4.90 Å². The van der Waals surface area contributed by atoms with E-state index in [1.165, 1.54) is 28.0 Å². The number of hydrogen-bond donors (Lipinski definition) is 1. The van der Waals surface area contributed by atoms with Crippen LogP contribution in [-0.4, -0.2) is 16.3 Å². The van der Waals surface area contributed by atoms with Crippen molar-refractivity contribution in [2.45, 2.75) is 24.7 Å². The summed E-state index contributed by atoms with van der Waals surface area (Å²) < 4.78 is 2.00. The van der Waals surface area contributed by atoms with E-state index in [2.05, 4.69) is 73.0 Å². The number of fused-ring (bicyclic) bond motifs is 1. The molecular weight excluding hydrogens is 338 g/mol. The van der Waals surface area contributed by atoms with Crippen LogP contribution in [0.3, 0.4) is 0 Å². The summed E-state index contributed by atoms with van der Waals surface area (Å²) in [5, 5.41) is 3.31. The molecule has 0 saturated heterocycles. The van der Waals surface area contributed by atoms with Crippen LogP contribution < -0.4 is 4.52 Å². The highest BCUT2D eigenvalue weighted by molar-refractivity contribution is 7.98. The van der Waals surface area contributed by atoms with E-state index in [1.807, 2.05) is 16.9 Å². The molecule has 0 fully saturated rings. The SMILES string of the molecule is CCCc1ccc(-c2cnc3c(-c4cccc(SC)c4)c[nH][n+]3c2)cc1. The third kappa shape index (κ3) is 3.25. The molecule has 2 heterocycles. The lowest BCUT2D eigenvalue weighted by molar-refractivity contribution is -0.578. The van der Waals surface area contributed by atoms with Crippen LogP contribution in [0.1, 0.15) is 18.9 Å². The van der Waals surface area contributed by atoms with Crippen LogP contribution in [0.25, 0.3) is 27.9 Å². The fourth-order valence-corrected chi connectivity index (χ4v) is 3.69. The van der Waals surface area contributed by atoms with Gasteiger partial charge < -0.3 is 0 Å². The molecule has 4 aromatic rings. The maximum atomic E-state index is 4.73. The number of aryl methyl sites for hydroxylation is 1. The third-order valence-electron chi connectivity index (χ3n) is 4.62. The zero-order chi connectivity index (χ0) is 17.9. The van der Waals surface area contributed by atoms with Crippen LogP contribution in [0.4, 0.5) is 0 Å². The molecule has 130 valence electrons. The van der Waals surface area contributed by atoms with Crippen molar-refractivity contribution >= 4 is 17.4 Å². The molecule has 0 aliphatic rings. The maximum Gasteiger partial charge on any atom is 0.355 e. The molecule has 0 saturated carbocycles. The molecule has 0 unspecified atom stereocenters. The van der Waals surface area contributed by atoms with E-state index < -0.39 is 0 Å². The van der Waals surface area contributed by atoms with Gasteiger partial charge in [0.15, 0.2) is 6.20 Å². The van der Waals surface area contributed by atoms with Gasteiger partial charge in [-0.3, -0.25) is 0 Å². The van der Waals surface area contributed by atoms with Gasteiger partial charge in [0.05, 0.1) is 17.3 Å². The van der Waals surface area contributed by atoms with Crippen molar-refractivity contribution in [3.8, 4) is 22.3 Å². The Morgan fingerprint density at radius 1 is 1.04 bits per heavy atom. The van der Waals surface area contributed by atoms with Crippen LogP contribution in [0.5, 0.6) is 0 Å². The highest BCUT2D eigenvalue weighted by Crippen LogP contribution is 2.26. The maximum absolute atomic E-state index is 4.73. The second-order valence-electron chi connectivity index (χ2n) is 6.40. The number of aromatic amines is 1. The molecular formula is C22H22N3S+. The average molecular weight is 361 g/mol. The highest BCUT2D eigenvalue weighted by Gasteiger charge is 2.16. The molecule has 2 aromatic heterocycles. The van der Waals surface area contributed by atoms with Crippen molar-refractivity contribution in [3.05, 3.63) is 72.7 Å². The average Bonchev–Trinajstić information content (AvgIpc) is 3.12. The molecule has 0 aliphatic heterocycles. The number of nitrogens with zero attached hydrogens (tertiary/aromatic N) is 2. The Morgan fingerprint density at radius 2 is 1.88 bits per heavy atom. The van der Waals surface area contributed by atoms with Crippen molar-refractivity contribution in [2.75, 3.05) is 6.26 Å². The summed E-state index contributed by atoms with van der Waals surface area (Å²) in [5.41, 5.74) is 6.91. The number of aromatic nitrogens is 3. The van der Waals surface area contributed by atoms with Crippen molar-refractivity contribution in [2.24, 2.45) is 0 Å². The van der Waals surface area contributed by atoms with Gasteiger partial charge >= 0.3 is 5.65 Å². The molecule has 2 aromatic carbocycles. The predicted octanol–water partition coefficient (Wildman–Crippen LogP) is 5.16. The van der Waals surface area contributed by atoms with Gasteiger partial charge in [-0.1, -0.05) is 49.7 Å². The molecule has 0 amide bonds. The Kier molecular flexibility index (Phi) is 4.76. The smallest absolute Gasteiger partial charge is 0.230 e. The summed E-state index contributed by atoms with van der Waals surface area (Å²) in [6.07, 6.45) is 10.5. The first-order chi connectivity index (χ1) is 12.8. The van der Waals surface area contributed by atoms with Gasteiger partial charge in [-0.05, 0) is 46.5 Å². The summed E-state index contributed by atoms with van der Waals surface area (Å²) in [6, 6.07) is 17.3. The molecule has 0 atom stereocenters. The van der Waals surface area contributed by atoms with Gasteiger partial charge in [0.25, 0.3) is 0 Å². The number of thioether (sulfide) groups is 1. The number of hydrogen-bond acceptors (Lipinski definition) is 2. The van der Waals surface area contributed by atoms with E-state index in [0.717, 1.165) is 23.2 Å². The van der Waals surface area contributed by atoms with E-state index in [0.29, 0.717) is 0 Å². The largest absolute Gasteiger partial charge is 0.355 e. The molecule has 4 heteroatoms. The van der Waals surface area contributed by atoms with Gasteiger partial charge in [-0.25, -0.2) is 5.10 Å². The van der Waals surface area contributed by atoms with Crippen LogP contribution in [0, 0.1) is 0 Å². The van der Waals surface area contributed by atoms with E-state index in [9.17, 15) is 0 Å². The standard InChI is InChI=1S/C22H21N3S/c1-3-5-16-8-10-17(11-9-16)19-13-23-22-21(14-24-25(22)15-19)18-6-4-7-20(12-18)26-2/h4,6-15H,3,5H2,1-2H3/p+1. The monoisotopic (exact) mass is 360 g/mol. The Labute approximate surface area is 158 Å². The van der Waals surface area contributed by atoms with Crippen molar-refractivity contribution in [1.29, 1.82) is 0 Å². The molecule has 26 heavy (non-hydrogen) atoms. The fraction of sp³-hybridized carbons (Fsp3) is 0.182. The Balaban J connectivity index is 1.71. The summed E-state index contributed by atoms with van der Waals surface area (Å²) in [5.74, 6) is 0. The van der Waals surface area contributed by atoms with Crippen LogP contribution in [-0.2, 0) is 6.42 Å². The second kappa shape index (κ2) is 7.34. The summed E-state index contributed by atoms with van der Waals surface area (Å²) in [6.45, 7) is 2.21. The molecule has 0 bridgehead atoms. The Bertz CT molecular complexity index is 1030. The van der Waals surface area contributed by atoms with E-state index >= 15 is 0 Å². The number of benzene rings is 2. The van der Waals surface area contributed by atoms with Crippen LogP contribution in [0.2, 0.25) is 0 Å². The fourth-order valence-electron chi connectivity index (χ4n) is 3.23. The molecule has 3 nitrogen and oxygen atoms in total. The minimum atomic E-state index is 0.939. The van der Waals surface area contributed by atoms with E-state index in [1.54, 1.807) is 11.8 Å². The predicted molar refractivity (Wildman–Crippen MR) is 108 cm³/mol. The zero-order valence-corrected chi connectivity index (χ0v) is 15.9. The minimum absolute atomic E-state index is 0.939. The summed E-state index contributed by atoms with van der Waals surface area (Å²) in [4.78, 5) is 5.99. The number of nitrogens with one attached hydrogen (secondary N) is 1. The number of rotatable bonds is 5. The summed E-state index contributed by atoms with van der Waals surface area (Å²) >= 11 is 1.75.